The summed E-state index contributed by atoms with van der Waals surface area (Å²) in [5.74, 6) is -1.22. The Kier molecular flexibility index (Phi) is 4.27. The SMILES string of the molecule is CC(C)(C)OC(=O)C[C@@]1(C)N[C@H](C(=O)O)C(C)(C)S1. The Morgan fingerprint density at radius 1 is 1.32 bits per heavy atom. The first-order chi connectivity index (χ1) is 8.35. The van der Waals surface area contributed by atoms with E-state index >= 15 is 0 Å². The van der Waals surface area contributed by atoms with E-state index in [9.17, 15) is 14.7 Å². The Bertz CT molecular complexity index is 389. The zero-order chi connectivity index (χ0) is 15.1. The first-order valence-electron chi connectivity index (χ1n) is 6.27. The van der Waals surface area contributed by atoms with Crippen LogP contribution in [-0.2, 0) is 14.3 Å². The van der Waals surface area contributed by atoms with E-state index in [0.29, 0.717) is 0 Å². The van der Waals surface area contributed by atoms with E-state index in [1.807, 2.05) is 41.5 Å². The van der Waals surface area contributed by atoms with Crippen molar-refractivity contribution in [3.8, 4) is 0 Å². The van der Waals surface area contributed by atoms with Gasteiger partial charge in [0.1, 0.15) is 11.6 Å². The van der Waals surface area contributed by atoms with Crippen LogP contribution in [-0.4, -0.2) is 38.3 Å². The lowest BCUT2D eigenvalue weighted by molar-refractivity contribution is -0.156. The molecule has 0 aromatic carbocycles. The molecule has 0 aromatic heterocycles. The molecule has 0 saturated carbocycles. The molecule has 2 N–H and O–H groups in total. The van der Waals surface area contributed by atoms with Crippen LogP contribution in [0.4, 0.5) is 0 Å². The largest absolute Gasteiger partial charge is 0.480 e. The second-order valence-electron chi connectivity index (χ2n) is 6.62. The molecule has 0 aliphatic carbocycles. The molecule has 0 spiro atoms. The van der Waals surface area contributed by atoms with E-state index in [4.69, 9.17) is 4.74 Å². The van der Waals surface area contributed by atoms with Crippen molar-refractivity contribution >= 4 is 23.7 Å². The Hall–Kier alpha value is -0.750. The molecule has 1 fully saturated rings. The minimum atomic E-state index is -0.898. The van der Waals surface area contributed by atoms with Crippen LogP contribution in [0.2, 0.25) is 0 Å². The van der Waals surface area contributed by atoms with Gasteiger partial charge < -0.3 is 9.84 Å². The van der Waals surface area contributed by atoms with Crippen molar-refractivity contribution in [2.24, 2.45) is 0 Å². The molecule has 5 nitrogen and oxygen atoms in total. The van der Waals surface area contributed by atoms with Crippen LogP contribution in [0.25, 0.3) is 0 Å². The lowest BCUT2D eigenvalue weighted by atomic mass is 10.0. The second kappa shape index (κ2) is 4.98. The molecule has 0 amide bonds. The number of hydrogen-bond acceptors (Lipinski definition) is 5. The maximum atomic E-state index is 11.9. The molecule has 0 aromatic rings. The van der Waals surface area contributed by atoms with Gasteiger partial charge in [-0.15, -0.1) is 11.8 Å². The summed E-state index contributed by atoms with van der Waals surface area (Å²) < 4.78 is 4.82. The highest BCUT2D eigenvalue weighted by molar-refractivity contribution is 8.02. The van der Waals surface area contributed by atoms with Crippen molar-refractivity contribution in [1.29, 1.82) is 0 Å². The maximum Gasteiger partial charge on any atom is 0.322 e. The zero-order valence-corrected chi connectivity index (χ0v) is 13.2. The Labute approximate surface area is 118 Å². The molecule has 1 rings (SSSR count). The minimum Gasteiger partial charge on any atom is -0.480 e. The average Bonchev–Trinajstić information content (AvgIpc) is 2.31. The number of esters is 1. The number of aliphatic carboxylic acids is 1. The molecule has 0 unspecified atom stereocenters. The standard InChI is InChI=1S/C13H23NO4S/c1-11(2,3)18-8(15)7-13(6)14-9(10(16)17)12(4,5)19-13/h9,14H,7H2,1-6H3,(H,16,17)/t9-,13+/m1/s1. The van der Waals surface area contributed by atoms with Gasteiger partial charge in [-0.05, 0) is 41.5 Å². The van der Waals surface area contributed by atoms with Gasteiger partial charge in [0.05, 0.1) is 11.3 Å². The highest BCUT2D eigenvalue weighted by atomic mass is 32.2. The van der Waals surface area contributed by atoms with Crippen LogP contribution in [0.1, 0.15) is 48.0 Å². The van der Waals surface area contributed by atoms with Crippen LogP contribution in [0, 0.1) is 0 Å². The Morgan fingerprint density at radius 3 is 2.21 bits per heavy atom. The van der Waals surface area contributed by atoms with Gasteiger partial charge in [-0.2, -0.15) is 0 Å². The van der Waals surface area contributed by atoms with Gasteiger partial charge in [0, 0.05) is 4.75 Å². The summed E-state index contributed by atoms with van der Waals surface area (Å²) in [6.45, 7) is 11.0. The molecule has 110 valence electrons. The predicted molar refractivity (Wildman–Crippen MR) is 75.1 cm³/mol. The number of nitrogens with one attached hydrogen (secondary N) is 1. The topological polar surface area (TPSA) is 75.6 Å². The number of carbonyl (C=O) groups excluding carboxylic acids is 1. The number of hydrogen-bond donors (Lipinski definition) is 2. The van der Waals surface area contributed by atoms with E-state index in [2.05, 4.69) is 5.32 Å². The molecule has 0 bridgehead atoms. The maximum absolute atomic E-state index is 11.9. The predicted octanol–water partition coefficient (Wildman–Crippen LogP) is 2.00. The smallest absolute Gasteiger partial charge is 0.322 e. The number of thioether (sulfide) groups is 1. The van der Waals surface area contributed by atoms with Gasteiger partial charge in [0.2, 0.25) is 0 Å². The monoisotopic (exact) mass is 289 g/mol. The highest BCUT2D eigenvalue weighted by Gasteiger charge is 2.51. The third-order valence-corrected chi connectivity index (χ3v) is 4.26. The Morgan fingerprint density at radius 2 is 1.84 bits per heavy atom. The van der Waals surface area contributed by atoms with E-state index in [0.717, 1.165) is 0 Å². The minimum absolute atomic E-state index is 0.141. The van der Waals surface area contributed by atoms with E-state index in [-0.39, 0.29) is 12.4 Å². The first-order valence-corrected chi connectivity index (χ1v) is 7.09. The number of carboxylic acids is 1. The first kappa shape index (κ1) is 16.3. The van der Waals surface area contributed by atoms with Crippen molar-refractivity contribution < 1.29 is 19.4 Å². The third kappa shape index (κ3) is 4.38. The fraction of sp³-hybridized carbons (Fsp3) is 0.846. The summed E-state index contributed by atoms with van der Waals surface area (Å²) in [5, 5.41) is 12.2. The second-order valence-corrected chi connectivity index (χ2v) is 8.77. The molecule has 1 heterocycles. The molecule has 0 radical (unpaired) electrons. The number of ether oxygens (including phenoxy) is 1. The summed E-state index contributed by atoms with van der Waals surface area (Å²) >= 11 is 1.47. The summed E-state index contributed by atoms with van der Waals surface area (Å²) in [4.78, 5) is 22.5. The fourth-order valence-corrected chi connectivity index (χ4v) is 4.05. The van der Waals surface area contributed by atoms with Gasteiger partial charge >= 0.3 is 11.9 Å². The van der Waals surface area contributed by atoms with Crippen molar-refractivity contribution in [2.45, 2.75) is 69.2 Å². The van der Waals surface area contributed by atoms with Gasteiger partial charge in [-0.3, -0.25) is 14.9 Å². The quantitative estimate of drug-likeness (QED) is 0.774. The number of carboxylic acid groups (broad SMARTS) is 1. The highest BCUT2D eigenvalue weighted by Crippen LogP contribution is 2.46. The van der Waals surface area contributed by atoms with Crippen molar-refractivity contribution in [3.63, 3.8) is 0 Å². The van der Waals surface area contributed by atoms with Crippen molar-refractivity contribution in [3.05, 3.63) is 0 Å². The third-order valence-electron chi connectivity index (χ3n) is 2.78. The lowest BCUT2D eigenvalue weighted by Crippen LogP contribution is -2.48. The fourth-order valence-electron chi connectivity index (χ4n) is 2.25. The van der Waals surface area contributed by atoms with E-state index in [1.165, 1.54) is 11.8 Å². The molecule has 1 aliphatic rings. The molecular formula is C13H23NO4S. The van der Waals surface area contributed by atoms with Crippen molar-refractivity contribution in [2.75, 3.05) is 0 Å². The normalized spacial score (nSPS) is 30.1. The molecule has 1 saturated heterocycles. The summed E-state index contributed by atoms with van der Waals surface area (Å²) in [7, 11) is 0. The van der Waals surface area contributed by atoms with E-state index < -0.39 is 27.2 Å². The Balaban J connectivity index is 2.74. The molecule has 19 heavy (non-hydrogen) atoms. The molecular weight excluding hydrogens is 266 g/mol. The van der Waals surface area contributed by atoms with Gasteiger partial charge in [-0.1, -0.05) is 0 Å². The average molecular weight is 289 g/mol. The number of rotatable bonds is 3. The van der Waals surface area contributed by atoms with E-state index in [1.54, 1.807) is 0 Å². The van der Waals surface area contributed by atoms with Crippen LogP contribution < -0.4 is 5.32 Å². The number of carbonyl (C=O) groups is 2. The summed E-state index contributed by atoms with van der Waals surface area (Å²) in [5.41, 5.74) is -0.529. The summed E-state index contributed by atoms with van der Waals surface area (Å²) in [6.07, 6.45) is 0.141. The van der Waals surface area contributed by atoms with Crippen LogP contribution in [0.5, 0.6) is 0 Å². The molecule has 1 aliphatic heterocycles. The van der Waals surface area contributed by atoms with Gasteiger partial charge in [0.15, 0.2) is 0 Å². The summed E-state index contributed by atoms with van der Waals surface area (Å²) in [6, 6.07) is -0.676. The molecule has 6 heteroatoms. The zero-order valence-electron chi connectivity index (χ0n) is 12.4. The van der Waals surface area contributed by atoms with Crippen LogP contribution in [0.15, 0.2) is 0 Å². The lowest BCUT2D eigenvalue weighted by Gasteiger charge is -2.27. The van der Waals surface area contributed by atoms with Gasteiger partial charge in [-0.25, -0.2) is 0 Å². The van der Waals surface area contributed by atoms with Crippen LogP contribution >= 0.6 is 11.8 Å². The van der Waals surface area contributed by atoms with Crippen LogP contribution in [0.3, 0.4) is 0 Å². The van der Waals surface area contributed by atoms with Gasteiger partial charge in [0.25, 0.3) is 0 Å². The van der Waals surface area contributed by atoms with Crippen molar-refractivity contribution in [1.82, 2.24) is 5.32 Å². The molecule has 2 atom stereocenters.